The molecule has 18 heavy (non-hydrogen) atoms. The van der Waals surface area contributed by atoms with Crippen molar-refractivity contribution >= 4 is 5.97 Å². The molecule has 4 nitrogen and oxygen atoms in total. The summed E-state index contributed by atoms with van der Waals surface area (Å²) in [6.07, 6.45) is -7.00. The Bertz CT molecular complexity index is 461. The Morgan fingerprint density at radius 3 is 2.33 bits per heavy atom. The first-order chi connectivity index (χ1) is 8.14. The molecule has 2 unspecified atom stereocenters. The summed E-state index contributed by atoms with van der Waals surface area (Å²) >= 11 is 0. The van der Waals surface area contributed by atoms with Gasteiger partial charge in [0.15, 0.2) is 0 Å². The van der Waals surface area contributed by atoms with Crippen LogP contribution in [0, 0.1) is 5.82 Å². The van der Waals surface area contributed by atoms with Crippen LogP contribution in [0.1, 0.15) is 17.2 Å². The number of rotatable bonds is 3. The van der Waals surface area contributed by atoms with Gasteiger partial charge in [0.05, 0.1) is 5.56 Å². The molecule has 1 aromatic carbocycles. The van der Waals surface area contributed by atoms with Gasteiger partial charge in [-0.25, -0.2) is 4.39 Å². The van der Waals surface area contributed by atoms with E-state index in [9.17, 15) is 27.5 Å². The largest absolute Gasteiger partial charge is 0.480 e. The quantitative estimate of drug-likeness (QED) is 0.720. The molecule has 1 rings (SSSR count). The maximum Gasteiger partial charge on any atom is 0.416 e. The first kappa shape index (κ1) is 14.4. The molecule has 0 aliphatic carbocycles. The molecule has 1 aromatic rings. The summed E-state index contributed by atoms with van der Waals surface area (Å²) in [6.45, 7) is 0. The van der Waals surface area contributed by atoms with Gasteiger partial charge in [-0.3, -0.25) is 4.79 Å². The SMILES string of the molecule is NC(C(=O)O)C(O)c1ccc(F)cc1C(F)(F)F. The number of aliphatic carboxylic acids is 1. The van der Waals surface area contributed by atoms with Crippen LogP contribution in [0.5, 0.6) is 0 Å². The van der Waals surface area contributed by atoms with Gasteiger partial charge in [0.25, 0.3) is 0 Å². The standard InChI is InChI=1S/C10H9F4NO3/c11-4-1-2-5(6(3-4)10(12,13)14)8(16)7(15)9(17)18/h1-3,7-8,16H,15H2,(H,17,18). The molecule has 0 bridgehead atoms. The molecule has 0 amide bonds. The van der Waals surface area contributed by atoms with Gasteiger partial charge in [0.2, 0.25) is 0 Å². The second-order valence-electron chi connectivity index (χ2n) is 3.54. The molecule has 0 spiro atoms. The molecular formula is C10H9F4NO3. The number of carbonyl (C=O) groups is 1. The topological polar surface area (TPSA) is 83.6 Å². The summed E-state index contributed by atoms with van der Waals surface area (Å²) in [5.41, 5.74) is 2.80. The zero-order valence-corrected chi connectivity index (χ0v) is 8.78. The molecule has 0 saturated heterocycles. The molecule has 8 heteroatoms. The number of aliphatic hydroxyl groups excluding tert-OH is 1. The molecule has 0 radical (unpaired) electrons. The Morgan fingerprint density at radius 1 is 1.33 bits per heavy atom. The van der Waals surface area contributed by atoms with Crippen molar-refractivity contribution < 1.29 is 32.6 Å². The van der Waals surface area contributed by atoms with E-state index >= 15 is 0 Å². The van der Waals surface area contributed by atoms with Gasteiger partial charge in [0, 0.05) is 0 Å². The maximum absolute atomic E-state index is 12.8. The Balaban J connectivity index is 3.28. The predicted octanol–water partition coefficient (Wildman–Crippen LogP) is 1.29. The third kappa shape index (κ3) is 2.96. The van der Waals surface area contributed by atoms with Crippen LogP contribution in [-0.4, -0.2) is 22.2 Å². The minimum Gasteiger partial charge on any atom is -0.480 e. The Hall–Kier alpha value is -1.67. The molecule has 0 saturated carbocycles. The molecule has 100 valence electrons. The fourth-order valence-corrected chi connectivity index (χ4v) is 1.36. The van der Waals surface area contributed by atoms with E-state index in [1.54, 1.807) is 0 Å². The molecule has 4 N–H and O–H groups in total. The highest BCUT2D eigenvalue weighted by Crippen LogP contribution is 2.35. The molecule has 2 atom stereocenters. The number of alkyl halides is 3. The van der Waals surface area contributed by atoms with Crippen LogP contribution >= 0.6 is 0 Å². The summed E-state index contributed by atoms with van der Waals surface area (Å²) in [4.78, 5) is 10.5. The van der Waals surface area contributed by atoms with Crippen molar-refractivity contribution in [2.24, 2.45) is 5.73 Å². The number of hydrogen-bond acceptors (Lipinski definition) is 3. The highest BCUT2D eigenvalue weighted by atomic mass is 19.4. The number of benzene rings is 1. The average Bonchev–Trinajstić information content (AvgIpc) is 2.25. The monoisotopic (exact) mass is 267 g/mol. The fraction of sp³-hybridized carbons (Fsp3) is 0.300. The lowest BCUT2D eigenvalue weighted by Crippen LogP contribution is -2.37. The average molecular weight is 267 g/mol. The zero-order chi connectivity index (χ0) is 14.1. The molecule has 0 aromatic heterocycles. The second-order valence-corrected chi connectivity index (χ2v) is 3.54. The van der Waals surface area contributed by atoms with Crippen LogP contribution in [0.15, 0.2) is 18.2 Å². The van der Waals surface area contributed by atoms with Gasteiger partial charge in [-0.1, -0.05) is 6.07 Å². The van der Waals surface area contributed by atoms with E-state index in [-0.39, 0.29) is 6.07 Å². The second kappa shape index (κ2) is 4.91. The smallest absolute Gasteiger partial charge is 0.416 e. The minimum atomic E-state index is -4.92. The number of hydrogen-bond donors (Lipinski definition) is 3. The van der Waals surface area contributed by atoms with Gasteiger partial charge in [0.1, 0.15) is 18.0 Å². The summed E-state index contributed by atoms with van der Waals surface area (Å²) in [5.74, 6) is -2.82. The third-order valence-electron chi connectivity index (χ3n) is 2.26. The lowest BCUT2D eigenvalue weighted by Gasteiger charge is -2.20. The number of halogens is 4. The van der Waals surface area contributed by atoms with Gasteiger partial charge in [-0.15, -0.1) is 0 Å². The van der Waals surface area contributed by atoms with Crippen LogP contribution in [0.4, 0.5) is 17.6 Å². The summed E-state index contributed by atoms with van der Waals surface area (Å²) in [7, 11) is 0. The van der Waals surface area contributed by atoms with Crippen LogP contribution in [0.2, 0.25) is 0 Å². The number of nitrogens with two attached hydrogens (primary N) is 1. The zero-order valence-electron chi connectivity index (χ0n) is 8.78. The van der Waals surface area contributed by atoms with E-state index in [0.717, 1.165) is 0 Å². The molecular weight excluding hydrogens is 258 g/mol. The Morgan fingerprint density at radius 2 is 1.89 bits per heavy atom. The van der Waals surface area contributed by atoms with Crippen molar-refractivity contribution in [2.75, 3.05) is 0 Å². The molecule has 0 aliphatic rings. The number of carboxylic acid groups (broad SMARTS) is 1. The van der Waals surface area contributed by atoms with Gasteiger partial charge < -0.3 is 15.9 Å². The van der Waals surface area contributed by atoms with Crippen LogP contribution in [0.25, 0.3) is 0 Å². The summed E-state index contributed by atoms with van der Waals surface area (Å²) in [6, 6.07) is -0.419. The third-order valence-corrected chi connectivity index (χ3v) is 2.26. The van der Waals surface area contributed by atoms with Crippen molar-refractivity contribution in [3.05, 3.63) is 35.1 Å². The normalized spacial score (nSPS) is 15.2. The van der Waals surface area contributed by atoms with E-state index in [4.69, 9.17) is 10.8 Å². The van der Waals surface area contributed by atoms with E-state index < -0.39 is 41.2 Å². The van der Waals surface area contributed by atoms with E-state index in [0.29, 0.717) is 12.1 Å². The predicted molar refractivity (Wildman–Crippen MR) is 52.0 cm³/mol. The van der Waals surface area contributed by atoms with Crippen molar-refractivity contribution in [1.29, 1.82) is 0 Å². The summed E-state index contributed by atoms with van der Waals surface area (Å²) in [5, 5.41) is 18.0. The highest BCUT2D eigenvalue weighted by Gasteiger charge is 2.37. The first-order valence-corrected chi connectivity index (χ1v) is 4.67. The van der Waals surface area contributed by atoms with Gasteiger partial charge in [-0.2, -0.15) is 13.2 Å². The summed E-state index contributed by atoms with van der Waals surface area (Å²) < 4.78 is 50.5. The Kier molecular flexibility index (Phi) is 3.92. The highest BCUT2D eigenvalue weighted by molar-refractivity contribution is 5.74. The van der Waals surface area contributed by atoms with E-state index in [2.05, 4.69) is 0 Å². The first-order valence-electron chi connectivity index (χ1n) is 4.67. The molecule has 0 aliphatic heterocycles. The molecule has 0 heterocycles. The van der Waals surface area contributed by atoms with E-state index in [1.165, 1.54) is 0 Å². The van der Waals surface area contributed by atoms with Gasteiger partial charge >= 0.3 is 12.1 Å². The lowest BCUT2D eigenvalue weighted by molar-refractivity contribution is -0.144. The lowest BCUT2D eigenvalue weighted by atomic mass is 9.97. The van der Waals surface area contributed by atoms with Gasteiger partial charge in [-0.05, 0) is 17.7 Å². The van der Waals surface area contributed by atoms with Crippen LogP contribution < -0.4 is 5.73 Å². The van der Waals surface area contributed by atoms with E-state index in [1.807, 2.05) is 0 Å². The van der Waals surface area contributed by atoms with Crippen molar-refractivity contribution in [3.8, 4) is 0 Å². The number of carboxylic acids is 1. The van der Waals surface area contributed by atoms with Crippen LogP contribution in [-0.2, 0) is 11.0 Å². The number of aliphatic hydroxyl groups is 1. The van der Waals surface area contributed by atoms with Crippen molar-refractivity contribution in [1.82, 2.24) is 0 Å². The van der Waals surface area contributed by atoms with Crippen molar-refractivity contribution in [3.63, 3.8) is 0 Å². The maximum atomic E-state index is 12.8. The van der Waals surface area contributed by atoms with Crippen LogP contribution in [0.3, 0.4) is 0 Å². The van der Waals surface area contributed by atoms with Crippen molar-refractivity contribution in [2.45, 2.75) is 18.3 Å². The molecule has 0 fully saturated rings. The Labute approximate surface area is 98.6 Å². The minimum absolute atomic E-state index is 0.174. The fourth-order valence-electron chi connectivity index (χ4n) is 1.36.